The molecule has 0 spiro atoms. The molecule has 3 aliphatic rings. The number of carbonyl (C=O) groups excluding carboxylic acids is 1. The van der Waals surface area contributed by atoms with Gasteiger partial charge in [0.05, 0.1) is 5.60 Å². The van der Waals surface area contributed by atoms with Gasteiger partial charge in [-0.15, -0.1) is 0 Å². The largest absolute Gasteiger partial charge is 0.390 e. The molecule has 3 fully saturated rings. The molecule has 2 atom stereocenters. The second kappa shape index (κ2) is 3.46. The normalized spacial score (nSPS) is 40.6. The van der Waals surface area contributed by atoms with E-state index in [2.05, 4.69) is 0 Å². The monoisotopic (exact) mass is 223 g/mol. The van der Waals surface area contributed by atoms with Crippen LogP contribution in [0.3, 0.4) is 0 Å². The molecule has 1 saturated heterocycles. The van der Waals surface area contributed by atoms with Gasteiger partial charge in [-0.25, -0.2) is 0 Å². The van der Waals surface area contributed by atoms with Crippen LogP contribution in [-0.4, -0.2) is 34.6 Å². The summed E-state index contributed by atoms with van der Waals surface area (Å²) in [5.41, 5.74) is -0.547. The fraction of sp³-hybridized carbons (Fsp3) is 0.923. The van der Waals surface area contributed by atoms with Gasteiger partial charge >= 0.3 is 0 Å². The molecular formula is C13H21NO2. The average molecular weight is 223 g/mol. The zero-order valence-electron chi connectivity index (χ0n) is 9.98. The van der Waals surface area contributed by atoms with Crippen molar-refractivity contribution in [2.75, 3.05) is 13.1 Å². The molecule has 0 bridgehead atoms. The van der Waals surface area contributed by atoms with Gasteiger partial charge in [-0.1, -0.05) is 0 Å². The molecule has 16 heavy (non-hydrogen) atoms. The third kappa shape index (κ3) is 1.86. The summed E-state index contributed by atoms with van der Waals surface area (Å²) in [4.78, 5) is 14.2. The summed E-state index contributed by atoms with van der Waals surface area (Å²) in [7, 11) is 0. The van der Waals surface area contributed by atoms with Crippen LogP contribution in [0.4, 0.5) is 0 Å². The van der Waals surface area contributed by atoms with E-state index in [1.807, 2.05) is 11.8 Å². The van der Waals surface area contributed by atoms with Crippen molar-refractivity contribution in [1.82, 2.24) is 4.90 Å². The van der Waals surface area contributed by atoms with Crippen molar-refractivity contribution in [2.45, 2.75) is 44.6 Å². The lowest BCUT2D eigenvalue weighted by Gasteiger charge is -2.37. The zero-order chi connectivity index (χ0) is 11.3. The maximum atomic E-state index is 12.2. The molecule has 2 saturated carbocycles. The SMILES string of the molecule is CC1(O)CCN(C(=O)C2CC3CC3C2)CC1. The van der Waals surface area contributed by atoms with Crippen molar-refractivity contribution < 1.29 is 9.90 Å². The molecule has 3 nitrogen and oxygen atoms in total. The second-order valence-electron chi connectivity index (χ2n) is 6.25. The minimum atomic E-state index is -0.547. The van der Waals surface area contributed by atoms with Gasteiger partial charge in [-0.2, -0.15) is 0 Å². The van der Waals surface area contributed by atoms with Crippen LogP contribution in [0.1, 0.15) is 39.0 Å². The zero-order valence-corrected chi connectivity index (χ0v) is 9.98. The van der Waals surface area contributed by atoms with E-state index in [1.165, 1.54) is 6.42 Å². The van der Waals surface area contributed by atoms with Gasteiger partial charge in [-0.3, -0.25) is 4.79 Å². The van der Waals surface area contributed by atoms with Crippen LogP contribution in [0.2, 0.25) is 0 Å². The molecule has 0 radical (unpaired) electrons. The number of fused-ring (bicyclic) bond motifs is 1. The number of piperidine rings is 1. The van der Waals surface area contributed by atoms with Crippen LogP contribution >= 0.6 is 0 Å². The number of aliphatic hydroxyl groups is 1. The van der Waals surface area contributed by atoms with Crippen LogP contribution < -0.4 is 0 Å². The summed E-state index contributed by atoms with van der Waals surface area (Å²) in [6, 6.07) is 0. The summed E-state index contributed by atoms with van der Waals surface area (Å²) < 4.78 is 0. The molecule has 1 heterocycles. The predicted octanol–water partition coefficient (Wildman–Crippen LogP) is 1.41. The fourth-order valence-electron chi connectivity index (χ4n) is 3.38. The number of likely N-dealkylation sites (tertiary alicyclic amines) is 1. The molecule has 0 aromatic rings. The van der Waals surface area contributed by atoms with E-state index in [-0.39, 0.29) is 0 Å². The summed E-state index contributed by atoms with van der Waals surface area (Å²) >= 11 is 0. The first-order chi connectivity index (χ1) is 7.55. The van der Waals surface area contributed by atoms with Crippen molar-refractivity contribution in [2.24, 2.45) is 17.8 Å². The first-order valence-electron chi connectivity index (χ1n) is 6.56. The summed E-state index contributed by atoms with van der Waals surface area (Å²) in [5.74, 6) is 2.43. The molecule has 2 unspecified atom stereocenters. The third-order valence-corrected chi connectivity index (χ3v) is 4.75. The highest BCUT2D eigenvalue weighted by atomic mass is 16.3. The lowest BCUT2D eigenvalue weighted by molar-refractivity contribution is -0.139. The Balaban J connectivity index is 1.55. The minimum Gasteiger partial charge on any atom is -0.390 e. The quantitative estimate of drug-likeness (QED) is 0.730. The van der Waals surface area contributed by atoms with Crippen LogP contribution in [0.15, 0.2) is 0 Å². The van der Waals surface area contributed by atoms with E-state index in [0.29, 0.717) is 11.8 Å². The maximum Gasteiger partial charge on any atom is 0.225 e. The Hall–Kier alpha value is -0.570. The Morgan fingerprint density at radius 1 is 1.19 bits per heavy atom. The van der Waals surface area contributed by atoms with Gasteiger partial charge in [0, 0.05) is 19.0 Å². The second-order valence-corrected chi connectivity index (χ2v) is 6.25. The van der Waals surface area contributed by atoms with Crippen molar-refractivity contribution in [3.8, 4) is 0 Å². The van der Waals surface area contributed by atoms with Crippen molar-refractivity contribution in [3.05, 3.63) is 0 Å². The highest BCUT2D eigenvalue weighted by Gasteiger charge is 2.49. The van der Waals surface area contributed by atoms with E-state index in [4.69, 9.17) is 0 Å². The van der Waals surface area contributed by atoms with Gasteiger partial charge in [0.15, 0.2) is 0 Å². The van der Waals surface area contributed by atoms with Gasteiger partial charge in [0.25, 0.3) is 0 Å². The molecule has 0 aromatic carbocycles. The molecular weight excluding hydrogens is 202 g/mol. The topological polar surface area (TPSA) is 40.5 Å². The number of nitrogens with zero attached hydrogens (tertiary/aromatic N) is 1. The van der Waals surface area contributed by atoms with E-state index in [0.717, 1.165) is 50.6 Å². The lowest BCUT2D eigenvalue weighted by Crippen LogP contribution is -2.46. The summed E-state index contributed by atoms with van der Waals surface area (Å²) in [5, 5.41) is 9.85. The van der Waals surface area contributed by atoms with Gasteiger partial charge in [0.2, 0.25) is 5.91 Å². The Morgan fingerprint density at radius 3 is 2.31 bits per heavy atom. The molecule has 0 aromatic heterocycles. The number of rotatable bonds is 1. The fourth-order valence-corrected chi connectivity index (χ4v) is 3.38. The van der Waals surface area contributed by atoms with E-state index >= 15 is 0 Å². The van der Waals surface area contributed by atoms with Gasteiger partial charge in [-0.05, 0) is 50.9 Å². The summed E-state index contributed by atoms with van der Waals surface area (Å²) in [6.45, 7) is 3.37. The lowest BCUT2D eigenvalue weighted by atomic mass is 9.92. The molecule has 1 N–H and O–H groups in total. The highest BCUT2D eigenvalue weighted by molar-refractivity contribution is 5.79. The van der Waals surface area contributed by atoms with E-state index in [9.17, 15) is 9.90 Å². The summed E-state index contributed by atoms with van der Waals surface area (Å²) in [6.07, 6.45) is 5.11. The Kier molecular flexibility index (Phi) is 2.29. The molecule has 3 rings (SSSR count). The van der Waals surface area contributed by atoms with Crippen LogP contribution in [0.25, 0.3) is 0 Å². The maximum absolute atomic E-state index is 12.2. The van der Waals surface area contributed by atoms with Crippen LogP contribution in [-0.2, 0) is 4.79 Å². The number of amides is 1. The highest BCUT2D eigenvalue weighted by Crippen LogP contribution is 2.54. The predicted molar refractivity (Wildman–Crippen MR) is 60.8 cm³/mol. The van der Waals surface area contributed by atoms with Crippen molar-refractivity contribution >= 4 is 5.91 Å². The van der Waals surface area contributed by atoms with Crippen LogP contribution in [0, 0.1) is 17.8 Å². The Morgan fingerprint density at radius 2 is 1.75 bits per heavy atom. The molecule has 3 heteroatoms. The number of carbonyl (C=O) groups is 1. The minimum absolute atomic E-state index is 0.312. The first-order valence-corrected chi connectivity index (χ1v) is 6.56. The van der Waals surface area contributed by atoms with Crippen molar-refractivity contribution in [1.29, 1.82) is 0 Å². The van der Waals surface area contributed by atoms with Crippen LogP contribution in [0.5, 0.6) is 0 Å². The molecule has 90 valence electrons. The molecule has 1 amide bonds. The first kappa shape index (κ1) is 10.6. The number of hydrogen-bond acceptors (Lipinski definition) is 2. The average Bonchev–Trinajstić information content (AvgIpc) is 2.85. The Labute approximate surface area is 96.8 Å². The molecule has 2 aliphatic carbocycles. The van der Waals surface area contributed by atoms with Gasteiger partial charge < -0.3 is 10.0 Å². The van der Waals surface area contributed by atoms with E-state index < -0.39 is 5.60 Å². The molecule has 1 aliphatic heterocycles. The Bertz CT molecular complexity index is 293. The van der Waals surface area contributed by atoms with Gasteiger partial charge in [0.1, 0.15) is 0 Å². The smallest absolute Gasteiger partial charge is 0.225 e. The number of hydrogen-bond donors (Lipinski definition) is 1. The third-order valence-electron chi connectivity index (χ3n) is 4.75. The van der Waals surface area contributed by atoms with Crippen molar-refractivity contribution in [3.63, 3.8) is 0 Å². The van der Waals surface area contributed by atoms with E-state index in [1.54, 1.807) is 0 Å². The standard InChI is InChI=1S/C13H21NO2/c1-13(16)2-4-14(5-3-13)12(15)11-7-9-6-10(9)8-11/h9-11,16H,2-8H2,1H3.